The molecule has 0 aliphatic heterocycles. The van der Waals surface area contributed by atoms with Crippen molar-refractivity contribution in [3.63, 3.8) is 0 Å². The monoisotopic (exact) mass is 235 g/mol. The number of halogens is 2. The number of nitrogens with two attached hydrogens (primary N) is 1. The van der Waals surface area contributed by atoms with Gasteiger partial charge in [-0.2, -0.15) is 0 Å². The lowest BCUT2D eigenvalue weighted by atomic mass is 10.2. The molecule has 1 aromatic heterocycles. The molecule has 0 bridgehead atoms. The summed E-state index contributed by atoms with van der Waals surface area (Å²) in [4.78, 5) is 8.14. The number of hydrogen-bond acceptors (Lipinski definition) is 3. The predicted octanol–water partition coefficient (Wildman–Crippen LogP) is 2.57. The predicted molar refractivity (Wildman–Crippen MR) is 61.2 cm³/mol. The van der Waals surface area contributed by atoms with Gasteiger partial charge in [-0.1, -0.05) is 6.92 Å². The molecule has 0 spiro atoms. The molecule has 17 heavy (non-hydrogen) atoms. The minimum absolute atomic E-state index is 0.273. The maximum Gasteiger partial charge on any atom is 0.159 e. The van der Waals surface area contributed by atoms with E-state index < -0.39 is 11.6 Å². The molecule has 88 valence electrons. The topological polar surface area (TPSA) is 51.8 Å². The van der Waals surface area contributed by atoms with Crippen molar-refractivity contribution in [3.8, 4) is 11.4 Å². The van der Waals surface area contributed by atoms with E-state index in [9.17, 15) is 8.78 Å². The van der Waals surface area contributed by atoms with Gasteiger partial charge in [0.2, 0.25) is 0 Å². The summed E-state index contributed by atoms with van der Waals surface area (Å²) < 4.78 is 26.1. The van der Waals surface area contributed by atoms with E-state index in [0.717, 1.165) is 6.07 Å². The number of benzene rings is 1. The van der Waals surface area contributed by atoms with E-state index >= 15 is 0 Å². The Hall–Kier alpha value is -2.04. The molecule has 2 N–H and O–H groups in total. The first kappa shape index (κ1) is 11.4. The fraction of sp³-hybridized carbons (Fsp3) is 0.167. The fourth-order valence-electron chi connectivity index (χ4n) is 1.53. The number of aryl methyl sites for hydroxylation is 1. The van der Waals surface area contributed by atoms with Gasteiger partial charge in [0.05, 0.1) is 17.6 Å². The quantitative estimate of drug-likeness (QED) is 0.870. The number of hydrogen-bond donors (Lipinski definition) is 1. The van der Waals surface area contributed by atoms with Crippen LogP contribution in [0, 0.1) is 11.6 Å². The highest BCUT2D eigenvalue weighted by atomic mass is 19.1. The highest BCUT2D eigenvalue weighted by Crippen LogP contribution is 2.20. The highest BCUT2D eigenvalue weighted by molar-refractivity contribution is 5.57. The summed E-state index contributed by atoms with van der Waals surface area (Å²) in [5, 5.41) is 0. The van der Waals surface area contributed by atoms with Gasteiger partial charge in [0, 0.05) is 11.6 Å². The number of aromatic nitrogens is 2. The van der Waals surface area contributed by atoms with E-state index in [4.69, 9.17) is 5.73 Å². The molecule has 3 nitrogen and oxygen atoms in total. The van der Waals surface area contributed by atoms with Crippen LogP contribution in [-0.2, 0) is 6.42 Å². The summed E-state index contributed by atoms with van der Waals surface area (Å²) in [5.41, 5.74) is 7.11. The Balaban J connectivity index is 2.52. The maximum atomic E-state index is 13.1. The molecule has 0 unspecified atom stereocenters. The first-order valence-corrected chi connectivity index (χ1v) is 5.18. The minimum Gasteiger partial charge on any atom is -0.396 e. The van der Waals surface area contributed by atoms with Crippen LogP contribution in [0.4, 0.5) is 14.5 Å². The van der Waals surface area contributed by atoms with Crippen molar-refractivity contribution in [1.82, 2.24) is 9.97 Å². The average Bonchev–Trinajstić information content (AvgIpc) is 2.28. The molecule has 0 atom stereocenters. The van der Waals surface area contributed by atoms with Gasteiger partial charge in [0.25, 0.3) is 0 Å². The summed E-state index contributed by atoms with van der Waals surface area (Å²) in [5.74, 6) is -1.04. The van der Waals surface area contributed by atoms with E-state index in [2.05, 4.69) is 9.97 Å². The van der Waals surface area contributed by atoms with E-state index in [0.29, 0.717) is 23.4 Å². The lowest BCUT2D eigenvalue weighted by molar-refractivity contribution is 0.584. The van der Waals surface area contributed by atoms with Crippen LogP contribution in [0.2, 0.25) is 0 Å². The van der Waals surface area contributed by atoms with Gasteiger partial charge < -0.3 is 5.73 Å². The van der Waals surface area contributed by atoms with Crippen molar-refractivity contribution in [2.24, 2.45) is 0 Å². The second-order valence-electron chi connectivity index (χ2n) is 3.61. The van der Waals surface area contributed by atoms with Crippen LogP contribution in [-0.4, -0.2) is 9.97 Å². The molecule has 0 amide bonds. The van der Waals surface area contributed by atoms with Crippen LogP contribution >= 0.6 is 0 Å². The summed E-state index contributed by atoms with van der Waals surface area (Å²) in [7, 11) is 0. The van der Waals surface area contributed by atoms with Gasteiger partial charge >= 0.3 is 0 Å². The largest absolute Gasteiger partial charge is 0.396 e. The van der Waals surface area contributed by atoms with Crippen LogP contribution in [0.15, 0.2) is 24.4 Å². The lowest BCUT2D eigenvalue weighted by Crippen LogP contribution is -2.00. The molecule has 0 saturated heterocycles. The zero-order valence-electron chi connectivity index (χ0n) is 9.24. The Morgan fingerprint density at radius 2 is 1.82 bits per heavy atom. The standard InChI is InChI=1S/C12H11F2N3/c1-2-11-10(15)6-16-12(17-11)7-3-8(13)5-9(14)4-7/h3-6H,2,15H2,1H3. The normalized spacial score (nSPS) is 10.5. The van der Waals surface area contributed by atoms with Crippen molar-refractivity contribution >= 4 is 5.69 Å². The second kappa shape index (κ2) is 4.45. The van der Waals surface area contributed by atoms with Crippen LogP contribution in [0.1, 0.15) is 12.6 Å². The van der Waals surface area contributed by atoms with Crippen molar-refractivity contribution in [2.75, 3.05) is 5.73 Å². The molecule has 5 heteroatoms. The lowest BCUT2D eigenvalue weighted by Gasteiger charge is -2.05. The third-order valence-corrected chi connectivity index (χ3v) is 2.36. The van der Waals surface area contributed by atoms with Crippen molar-refractivity contribution in [3.05, 3.63) is 41.7 Å². The summed E-state index contributed by atoms with van der Waals surface area (Å²) in [6, 6.07) is 3.18. The SMILES string of the molecule is CCc1nc(-c2cc(F)cc(F)c2)ncc1N. The van der Waals surface area contributed by atoms with Crippen molar-refractivity contribution in [2.45, 2.75) is 13.3 Å². The third kappa shape index (κ3) is 2.38. The number of nitrogen functional groups attached to an aromatic ring is 1. The van der Waals surface area contributed by atoms with Gasteiger partial charge in [0.15, 0.2) is 5.82 Å². The molecule has 1 aromatic carbocycles. The first-order valence-electron chi connectivity index (χ1n) is 5.18. The summed E-state index contributed by atoms with van der Waals surface area (Å²) in [6.07, 6.45) is 2.09. The van der Waals surface area contributed by atoms with Crippen LogP contribution < -0.4 is 5.73 Å². The Morgan fingerprint density at radius 3 is 2.41 bits per heavy atom. The first-order chi connectivity index (χ1) is 8.10. The van der Waals surface area contributed by atoms with E-state index in [1.54, 1.807) is 0 Å². The molecule has 0 saturated carbocycles. The molecule has 2 aromatic rings. The minimum atomic E-state index is -0.654. The molecular weight excluding hydrogens is 224 g/mol. The molecule has 2 rings (SSSR count). The third-order valence-electron chi connectivity index (χ3n) is 2.36. The maximum absolute atomic E-state index is 13.1. The Kier molecular flexibility index (Phi) is 2.99. The van der Waals surface area contributed by atoms with Gasteiger partial charge in [-0.15, -0.1) is 0 Å². The number of rotatable bonds is 2. The van der Waals surface area contributed by atoms with E-state index in [1.165, 1.54) is 18.3 Å². The number of nitrogens with zero attached hydrogens (tertiary/aromatic N) is 2. The number of anilines is 1. The summed E-state index contributed by atoms with van der Waals surface area (Å²) in [6.45, 7) is 1.90. The Labute approximate surface area is 97.3 Å². The van der Waals surface area contributed by atoms with Crippen molar-refractivity contribution in [1.29, 1.82) is 0 Å². The summed E-state index contributed by atoms with van der Waals surface area (Å²) >= 11 is 0. The smallest absolute Gasteiger partial charge is 0.159 e. The van der Waals surface area contributed by atoms with Gasteiger partial charge in [0.1, 0.15) is 11.6 Å². The highest BCUT2D eigenvalue weighted by Gasteiger charge is 2.08. The van der Waals surface area contributed by atoms with Crippen LogP contribution in [0.5, 0.6) is 0 Å². The van der Waals surface area contributed by atoms with Crippen LogP contribution in [0.3, 0.4) is 0 Å². The molecule has 1 heterocycles. The zero-order valence-corrected chi connectivity index (χ0v) is 9.24. The Morgan fingerprint density at radius 1 is 1.18 bits per heavy atom. The fourth-order valence-corrected chi connectivity index (χ4v) is 1.53. The van der Waals surface area contributed by atoms with Gasteiger partial charge in [-0.25, -0.2) is 18.7 Å². The van der Waals surface area contributed by atoms with Crippen molar-refractivity contribution < 1.29 is 8.78 Å². The molecule has 0 aliphatic rings. The molecular formula is C12H11F2N3. The molecule has 0 radical (unpaired) electrons. The zero-order chi connectivity index (χ0) is 12.4. The Bertz CT molecular complexity index is 535. The van der Waals surface area contributed by atoms with Crippen LogP contribution in [0.25, 0.3) is 11.4 Å². The molecule has 0 aliphatic carbocycles. The van der Waals surface area contributed by atoms with Gasteiger partial charge in [-0.05, 0) is 18.6 Å². The van der Waals surface area contributed by atoms with E-state index in [-0.39, 0.29) is 5.82 Å². The van der Waals surface area contributed by atoms with Gasteiger partial charge in [-0.3, -0.25) is 0 Å². The molecule has 0 fully saturated rings. The second-order valence-corrected chi connectivity index (χ2v) is 3.61. The van der Waals surface area contributed by atoms with E-state index in [1.807, 2.05) is 6.92 Å². The average molecular weight is 235 g/mol.